The molecule has 5 nitrogen and oxygen atoms in total. The Morgan fingerprint density at radius 2 is 2.11 bits per heavy atom. The van der Waals surface area contributed by atoms with Gasteiger partial charge in [-0.1, -0.05) is 11.6 Å². The second-order valence-electron chi connectivity index (χ2n) is 4.38. The molecule has 0 amide bonds. The van der Waals surface area contributed by atoms with E-state index in [0.29, 0.717) is 0 Å². The predicted octanol–water partition coefficient (Wildman–Crippen LogP) is 1.45. The second-order valence-corrected chi connectivity index (χ2v) is 4.76. The van der Waals surface area contributed by atoms with Crippen LogP contribution in [0.15, 0.2) is 12.3 Å². The van der Waals surface area contributed by atoms with E-state index in [1.54, 1.807) is 0 Å². The Hall–Kier alpha value is -1.33. The Morgan fingerprint density at radius 1 is 1.33 bits per heavy atom. The Morgan fingerprint density at radius 3 is 2.67 bits per heavy atom. The number of rotatable bonds is 5. The van der Waals surface area contributed by atoms with Gasteiger partial charge in [0.15, 0.2) is 0 Å². The van der Waals surface area contributed by atoms with Crippen molar-refractivity contribution in [2.24, 2.45) is 14.1 Å². The Balaban J connectivity index is 1.82. The van der Waals surface area contributed by atoms with Gasteiger partial charge in [0.1, 0.15) is 0 Å². The summed E-state index contributed by atoms with van der Waals surface area (Å²) in [5, 5.41) is 12.7. The van der Waals surface area contributed by atoms with Gasteiger partial charge in [0.25, 0.3) is 0 Å². The van der Waals surface area contributed by atoms with Crippen LogP contribution < -0.4 is 5.32 Å². The number of nitrogens with zero attached hydrogens (tertiary/aromatic N) is 4. The first-order valence-corrected chi connectivity index (χ1v) is 6.33. The summed E-state index contributed by atoms with van der Waals surface area (Å²) >= 11 is 6.17. The standard InChI is InChI=1S/C12H18ClN5/c1-9-12(13)11(18(3)15-9)8-14-6-4-10-5-7-17(2)16-10/h5,7,14H,4,6,8H2,1-3H3. The molecule has 2 aromatic heterocycles. The third-order valence-corrected chi connectivity index (χ3v) is 3.37. The monoisotopic (exact) mass is 267 g/mol. The fourth-order valence-corrected chi connectivity index (χ4v) is 2.12. The predicted molar refractivity (Wildman–Crippen MR) is 71.6 cm³/mol. The van der Waals surface area contributed by atoms with Gasteiger partial charge in [-0.2, -0.15) is 10.2 Å². The van der Waals surface area contributed by atoms with Crippen molar-refractivity contribution in [2.75, 3.05) is 6.54 Å². The Labute approximate surface area is 112 Å². The molecule has 2 rings (SSSR count). The maximum atomic E-state index is 6.17. The third kappa shape index (κ3) is 2.91. The van der Waals surface area contributed by atoms with Gasteiger partial charge in [0, 0.05) is 39.8 Å². The average molecular weight is 268 g/mol. The van der Waals surface area contributed by atoms with E-state index in [4.69, 9.17) is 11.6 Å². The van der Waals surface area contributed by atoms with Crippen LogP contribution in [0.5, 0.6) is 0 Å². The van der Waals surface area contributed by atoms with Crippen LogP contribution in [0.2, 0.25) is 5.02 Å². The summed E-state index contributed by atoms with van der Waals surface area (Å²) in [6.45, 7) is 3.51. The topological polar surface area (TPSA) is 47.7 Å². The molecule has 0 saturated carbocycles. The number of aryl methyl sites for hydroxylation is 3. The van der Waals surface area contributed by atoms with Crippen molar-refractivity contribution in [1.82, 2.24) is 24.9 Å². The minimum Gasteiger partial charge on any atom is -0.311 e. The van der Waals surface area contributed by atoms with Crippen molar-refractivity contribution in [2.45, 2.75) is 19.9 Å². The Kier molecular flexibility index (Phi) is 4.04. The first kappa shape index (κ1) is 13.1. The van der Waals surface area contributed by atoms with E-state index in [9.17, 15) is 0 Å². The molecule has 0 spiro atoms. The van der Waals surface area contributed by atoms with Crippen molar-refractivity contribution in [3.8, 4) is 0 Å². The smallest absolute Gasteiger partial charge is 0.0860 e. The molecule has 2 heterocycles. The summed E-state index contributed by atoms with van der Waals surface area (Å²) < 4.78 is 3.64. The average Bonchev–Trinajstić information content (AvgIpc) is 2.82. The molecule has 0 aliphatic heterocycles. The Bertz CT molecular complexity index is 529. The van der Waals surface area contributed by atoms with Gasteiger partial charge in [-0.15, -0.1) is 0 Å². The number of nitrogens with one attached hydrogen (secondary N) is 1. The van der Waals surface area contributed by atoms with Crippen LogP contribution in [-0.4, -0.2) is 26.1 Å². The minimum absolute atomic E-state index is 0.725. The number of halogens is 1. The highest BCUT2D eigenvalue weighted by molar-refractivity contribution is 6.31. The molecule has 0 aliphatic carbocycles. The molecule has 0 aliphatic rings. The maximum Gasteiger partial charge on any atom is 0.0860 e. The van der Waals surface area contributed by atoms with Crippen LogP contribution in [0.25, 0.3) is 0 Å². The van der Waals surface area contributed by atoms with E-state index in [-0.39, 0.29) is 0 Å². The van der Waals surface area contributed by atoms with E-state index >= 15 is 0 Å². The quantitative estimate of drug-likeness (QED) is 0.834. The van der Waals surface area contributed by atoms with Crippen molar-refractivity contribution in [3.63, 3.8) is 0 Å². The normalized spacial score (nSPS) is 11.1. The van der Waals surface area contributed by atoms with E-state index < -0.39 is 0 Å². The lowest BCUT2D eigenvalue weighted by molar-refractivity contribution is 0.617. The molecule has 1 N–H and O–H groups in total. The zero-order chi connectivity index (χ0) is 13.1. The van der Waals surface area contributed by atoms with Crippen molar-refractivity contribution in [1.29, 1.82) is 0 Å². The highest BCUT2D eigenvalue weighted by atomic mass is 35.5. The van der Waals surface area contributed by atoms with Crippen LogP contribution in [0, 0.1) is 6.92 Å². The molecule has 0 radical (unpaired) electrons. The molecule has 2 aromatic rings. The SMILES string of the molecule is Cc1nn(C)c(CNCCc2ccn(C)n2)c1Cl. The van der Waals surface area contributed by atoms with Gasteiger partial charge in [-0.05, 0) is 13.0 Å². The van der Waals surface area contributed by atoms with Gasteiger partial charge in [0.2, 0.25) is 0 Å². The van der Waals surface area contributed by atoms with Gasteiger partial charge in [0.05, 0.1) is 22.1 Å². The van der Waals surface area contributed by atoms with Crippen LogP contribution in [0.4, 0.5) is 0 Å². The van der Waals surface area contributed by atoms with Crippen LogP contribution in [0.1, 0.15) is 17.1 Å². The molecule has 6 heteroatoms. The van der Waals surface area contributed by atoms with Crippen LogP contribution >= 0.6 is 11.6 Å². The molecule has 0 atom stereocenters. The maximum absolute atomic E-state index is 6.17. The zero-order valence-electron chi connectivity index (χ0n) is 10.9. The summed E-state index contributed by atoms with van der Waals surface area (Å²) in [6, 6.07) is 2.03. The first-order chi connectivity index (χ1) is 8.58. The summed E-state index contributed by atoms with van der Waals surface area (Å²) in [5.41, 5.74) is 2.99. The second kappa shape index (κ2) is 5.54. The minimum atomic E-state index is 0.725. The number of aromatic nitrogens is 4. The molecule has 98 valence electrons. The van der Waals surface area contributed by atoms with Gasteiger partial charge >= 0.3 is 0 Å². The fourth-order valence-electron chi connectivity index (χ4n) is 1.89. The zero-order valence-corrected chi connectivity index (χ0v) is 11.7. The van der Waals surface area contributed by atoms with Crippen LogP contribution in [-0.2, 0) is 27.1 Å². The number of hydrogen-bond donors (Lipinski definition) is 1. The summed E-state index contributed by atoms with van der Waals surface area (Å²) in [5.74, 6) is 0. The largest absolute Gasteiger partial charge is 0.311 e. The van der Waals surface area contributed by atoms with Crippen LogP contribution in [0.3, 0.4) is 0 Å². The van der Waals surface area contributed by atoms with Gasteiger partial charge in [-0.3, -0.25) is 9.36 Å². The fraction of sp³-hybridized carbons (Fsp3) is 0.500. The molecule has 0 saturated heterocycles. The molecule has 0 aromatic carbocycles. The summed E-state index contributed by atoms with van der Waals surface area (Å²) in [7, 11) is 3.84. The molecule has 0 unspecified atom stereocenters. The molecule has 0 bridgehead atoms. The third-order valence-electron chi connectivity index (χ3n) is 2.88. The number of hydrogen-bond acceptors (Lipinski definition) is 3. The molecule has 18 heavy (non-hydrogen) atoms. The van der Waals surface area contributed by atoms with Crippen molar-refractivity contribution < 1.29 is 0 Å². The lowest BCUT2D eigenvalue weighted by Crippen LogP contribution is -2.19. The lowest BCUT2D eigenvalue weighted by atomic mass is 10.3. The summed E-state index contributed by atoms with van der Waals surface area (Å²) in [4.78, 5) is 0. The van der Waals surface area contributed by atoms with Crippen molar-refractivity contribution >= 4 is 11.6 Å². The van der Waals surface area contributed by atoms with Gasteiger partial charge in [-0.25, -0.2) is 0 Å². The van der Waals surface area contributed by atoms with Gasteiger partial charge < -0.3 is 5.32 Å². The summed E-state index contributed by atoms with van der Waals surface area (Å²) in [6.07, 6.45) is 2.87. The van der Waals surface area contributed by atoms with E-state index in [0.717, 1.165) is 41.6 Å². The van der Waals surface area contributed by atoms with E-state index in [2.05, 4.69) is 15.5 Å². The highest BCUT2D eigenvalue weighted by Gasteiger charge is 2.10. The highest BCUT2D eigenvalue weighted by Crippen LogP contribution is 2.18. The van der Waals surface area contributed by atoms with Crippen molar-refractivity contribution in [3.05, 3.63) is 34.4 Å². The molecule has 0 fully saturated rings. The molecular formula is C12H18ClN5. The lowest BCUT2D eigenvalue weighted by Gasteiger charge is -2.04. The molecular weight excluding hydrogens is 250 g/mol. The first-order valence-electron chi connectivity index (χ1n) is 5.95. The van der Waals surface area contributed by atoms with E-state index in [1.165, 1.54) is 0 Å². The van der Waals surface area contributed by atoms with E-state index in [1.807, 2.05) is 42.6 Å².